The van der Waals surface area contributed by atoms with E-state index in [2.05, 4.69) is 31.0 Å². The number of carbonyl (C=O) groups excluding carboxylic acids is 1. The minimum absolute atomic E-state index is 0.00129. The number of halogens is 3. The Morgan fingerprint density at radius 3 is 2.17 bits per heavy atom. The lowest BCUT2D eigenvalue weighted by Gasteiger charge is -2.18. The Kier molecular flexibility index (Phi) is 5.08. The topological polar surface area (TPSA) is 47.8 Å². The van der Waals surface area contributed by atoms with Crippen LogP contribution in [0.1, 0.15) is 42.5 Å². The monoisotopic (exact) mass is 357 g/mol. The number of carbonyl (C=O) groups is 1. The van der Waals surface area contributed by atoms with Crippen LogP contribution in [0.15, 0.2) is 29.4 Å². The summed E-state index contributed by atoms with van der Waals surface area (Å²) < 4.78 is 38.8. The van der Waals surface area contributed by atoms with Crippen LogP contribution >= 0.6 is 11.8 Å². The molecule has 130 valence electrons. The van der Waals surface area contributed by atoms with Crippen molar-refractivity contribution in [3.63, 3.8) is 0 Å². The molecule has 2 rings (SSSR count). The van der Waals surface area contributed by atoms with Crippen LogP contribution < -0.4 is 0 Å². The molecule has 4 nitrogen and oxygen atoms in total. The number of hydrogen-bond acceptors (Lipinski definition) is 4. The zero-order valence-electron chi connectivity index (χ0n) is 13.8. The molecule has 0 bridgehead atoms. The van der Waals surface area contributed by atoms with E-state index in [-0.39, 0.29) is 22.1 Å². The zero-order valence-corrected chi connectivity index (χ0v) is 14.6. The number of Topliss-reactive ketones (excluding diaryl/α,β-unsaturated/α-hetero) is 1. The van der Waals surface area contributed by atoms with Gasteiger partial charge in [0, 0.05) is 12.6 Å². The molecule has 0 amide bonds. The summed E-state index contributed by atoms with van der Waals surface area (Å²) in [6.07, 6.45) is -4.56. The van der Waals surface area contributed by atoms with E-state index in [1.165, 1.54) is 7.05 Å². The summed E-state index contributed by atoms with van der Waals surface area (Å²) >= 11 is 0.936. The van der Waals surface area contributed by atoms with Crippen molar-refractivity contribution < 1.29 is 18.0 Å². The van der Waals surface area contributed by atoms with Crippen LogP contribution in [0.2, 0.25) is 0 Å². The van der Waals surface area contributed by atoms with E-state index in [1.807, 2.05) is 12.1 Å². The third kappa shape index (κ3) is 4.17. The lowest BCUT2D eigenvalue weighted by Crippen LogP contribution is -2.13. The van der Waals surface area contributed by atoms with Gasteiger partial charge in [0.1, 0.15) is 0 Å². The van der Waals surface area contributed by atoms with E-state index in [9.17, 15) is 18.0 Å². The largest absolute Gasteiger partial charge is 0.451 e. The summed E-state index contributed by atoms with van der Waals surface area (Å²) in [5.74, 6) is -1.25. The first-order valence-corrected chi connectivity index (χ1v) is 8.22. The summed E-state index contributed by atoms with van der Waals surface area (Å²) in [6.45, 7) is 6.23. The van der Waals surface area contributed by atoms with Crippen molar-refractivity contribution in [1.29, 1.82) is 0 Å². The highest BCUT2D eigenvalue weighted by molar-refractivity contribution is 7.99. The molecular weight excluding hydrogens is 339 g/mol. The number of hydrogen-bond donors (Lipinski definition) is 0. The molecule has 0 spiro atoms. The van der Waals surface area contributed by atoms with Gasteiger partial charge in [0.15, 0.2) is 10.9 Å². The van der Waals surface area contributed by atoms with Gasteiger partial charge in [0.05, 0.1) is 5.75 Å². The van der Waals surface area contributed by atoms with Gasteiger partial charge in [-0.05, 0) is 11.0 Å². The summed E-state index contributed by atoms with van der Waals surface area (Å²) in [4.78, 5) is 12.2. The van der Waals surface area contributed by atoms with Gasteiger partial charge in [-0.1, -0.05) is 56.8 Å². The number of nitrogens with zero attached hydrogens (tertiary/aromatic N) is 3. The van der Waals surface area contributed by atoms with Gasteiger partial charge >= 0.3 is 6.18 Å². The lowest BCUT2D eigenvalue weighted by atomic mass is 9.86. The van der Waals surface area contributed by atoms with Crippen LogP contribution in [-0.2, 0) is 18.6 Å². The predicted molar refractivity (Wildman–Crippen MR) is 86.2 cm³/mol. The van der Waals surface area contributed by atoms with Gasteiger partial charge in [-0.15, -0.1) is 10.2 Å². The predicted octanol–water partition coefficient (Wildman–Crippen LogP) is 4.11. The van der Waals surface area contributed by atoms with Crippen molar-refractivity contribution >= 4 is 17.5 Å². The molecule has 2 aromatic rings. The standard InChI is InChI=1S/C16H18F3N3OS/c1-15(2,3)11-7-5-10(6-8-11)12(23)9-24-14-21-20-13(22(14)4)16(17,18)19/h5-8H,9H2,1-4H3. The number of thioether (sulfide) groups is 1. The van der Waals surface area contributed by atoms with Crippen molar-refractivity contribution in [2.75, 3.05) is 5.75 Å². The van der Waals surface area contributed by atoms with Crippen molar-refractivity contribution in [2.24, 2.45) is 7.05 Å². The second kappa shape index (κ2) is 6.58. The molecule has 0 aliphatic carbocycles. The molecular formula is C16H18F3N3OS. The van der Waals surface area contributed by atoms with E-state index in [0.717, 1.165) is 21.9 Å². The Hall–Kier alpha value is -1.83. The highest BCUT2D eigenvalue weighted by atomic mass is 32.2. The molecule has 0 radical (unpaired) electrons. The van der Waals surface area contributed by atoms with Crippen LogP contribution in [-0.4, -0.2) is 26.3 Å². The molecule has 8 heteroatoms. The van der Waals surface area contributed by atoms with Crippen molar-refractivity contribution in [3.8, 4) is 0 Å². The normalized spacial score (nSPS) is 12.5. The Labute approximate surface area is 142 Å². The summed E-state index contributed by atoms with van der Waals surface area (Å²) in [5, 5.41) is 6.69. The van der Waals surface area contributed by atoms with E-state index < -0.39 is 12.0 Å². The maximum Gasteiger partial charge on any atom is 0.451 e. The molecule has 1 aromatic heterocycles. The molecule has 0 N–H and O–H groups in total. The minimum Gasteiger partial charge on any atom is -0.302 e. The average molecular weight is 357 g/mol. The Morgan fingerprint density at radius 1 is 1.12 bits per heavy atom. The molecule has 0 saturated heterocycles. The van der Waals surface area contributed by atoms with Crippen LogP contribution in [0, 0.1) is 0 Å². The van der Waals surface area contributed by atoms with Gasteiger partial charge in [-0.3, -0.25) is 4.79 Å². The van der Waals surface area contributed by atoms with Crippen molar-refractivity contribution in [2.45, 2.75) is 37.5 Å². The van der Waals surface area contributed by atoms with Gasteiger partial charge in [0.2, 0.25) is 5.82 Å². The van der Waals surface area contributed by atoms with E-state index in [4.69, 9.17) is 0 Å². The van der Waals surface area contributed by atoms with Gasteiger partial charge in [-0.2, -0.15) is 13.2 Å². The van der Waals surface area contributed by atoms with E-state index in [1.54, 1.807) is 12.1 Å². The Morgan fingerprint density at radius 2 is 1.71 bits per heavy atom. The number of rotatable bonds is 4. The molecule has 0 unspecified atom stereocenters. The quantitative estimate of drug-likeness (QED) is 0.610. The van der Waals surface area contributed by atoms with E-state index >= 15 is 0 Å². The smallest absolute Gasteiger partial charge is 0.302 e. The minimum atomic E-state index is -4.56. The summed E-state index contributed by atoms with van der Waals surface area (Å²) in [7, 11) is 1.23. The van der Waals surface area contributed by atoms with Crippen LogP contribution in [0.3, 0.4) is 0 Å². The molecule has 1 heterocycles. The fraction of sp³-hybridized carbons (Fsp3) is 0.438. The van der Waals surface area contributed by atoms with Crippen LogP contribution in [0.4, 0.5) is 13.2 Å². The molecule has 0 saturated carbocycles. The molecule has 24 heavy (non-hydrogen) atoms. The van der Waals surface area contributed by atoms with E-state index in [0.29, 0.717) is 5.56 Å². The van der Waals surface area contributed by atoms with Gasteiger partial charge in [-0.25, -0.2) is 0 Å². The molecule has 0 fully saturated rings. The fourth-order valence-corrected chi connectivity index (χ4v) is 2.86. The lowest BCUT2D eigenvalue weighted by molar-refractivity contribution is -0.147. The summed E-state index contributed by atoms with van der Waals surface area (Å²) in [5.41, 5.74) is 1.62. The number of alkyl halides is 3. The molecule has 1 aromatic carbocycles. The van der Waals surface area contributed by atoms with Gasteiger partial charge < -0.3 is 4.57 Å². The van der Waals surface area contributed by atoms with Crippen molar-refractivity contribution in [1.82, 2.24) is 14.8 Å². The number of benzene rings is 1. The SMILES string of the molecule is Cn1c(SCC(=O)c2ccc(C(C)(C)C)cc2)nnc1C(F)(F)F. The third-order valence-electron chi connectivity index (χ3n) is 3.49. The molecule has 0 aliphatic rings. The second-order valence-corrected chi connectivity index (χ2v) is 7.34. The second-order valence-electron chi connectivity index (χ2n) is 6.40. The number of ketones is 1. The Bertz CT molecular complexity index is 731. The fourth-order valence-electron chi connectivity index (χ4n) is 2.06. The zero-order chi connectivity index (χ0) is 18.1. The first-order chi connectivity index (χ1) is 11.0. The van der Waals surface area contributed by atoms with Gasteiger partial charge in [0.25, 0.3) is 0 Å². The third-order valence-corrected chi connectivity index (χ3v) is 4.51. The van der Waals surface area contributed by atoms with Crippen LogP contribution in [0.25, 0.3) is 0 Å². The molecule has 0 aliphatic heterocycles. The highest BCUT2D eigenvalue weighted by Crippen LogP contribution is 2.30. The highest BCUT2D eigenvalue weighted by Gasteiger charge is 2.37. The maximum atomic E-state index is 12.7. The van der Waals surface area contributed by atoms with Crippen LogP contribution in [0.5, 0.6) is 0 Å². The summed E-state index contributed by atoms with van der Waals surface area (Å²) in [6, 6.07) is 7.26. The first kappa shape index (κ1) is 18.5. The first-order valence-electron chi connectivity index (χ1n) is 7.23. The average Bonchev–Trinajstić information content (AvgIpc) is 2.85. The molecule has 0 atom stereocenters. The van der Waals surface area contributed by atoms with Crippen molar-refractivity contribution in [3.05, 3.63) is 41.2 Å². The number of aromatic nitrogens is 3. The Balaban J connectivity index is 2.05. The maximum absolute atomic E-state index is 12.7.